The number of aliphatic carboxylic acids is 1. The van der Waals surface area contributed by atoms with Crippen molar-refractivity contribution in [2.75, 3.05) is 7.11 Å². The molecule has 0 aromatic heterocycles. The van der Waals surface area contributed by atoms with Crippen LogP contribution in [0.25, 0.3) is 0 Å². The molecular weight excluding hydrogens is 216 g/mol. The molecule has 1 N–H and O–H groups in total. The van der Waals surface area contributed by atoms with E-state index in [1.807, 2.05) is 6.92 Å². The quantitative estimate of drug-likeness (QED) is 0.862. The zero-order valence-electron chi connectivity index (χ0n) is 8.66. The molecule has 0 saturated carbocycles. The summed E-state index contributed by atoms with van der Waals surface area (Å²) >= 11 is 5.92. The van der Waals surface area contributed by atoms with Gasteiger partial charge in [0.1, 0.15) is 5.75 Å². The molecule has 1 aromatic carbocycles. The van der Waals surface area contributed by atoms with E-state index >= 15 is 0 Å². The van der Waals surface area contributed by atoms with E-state index in [-0.39, 0.29) is 0 Å². The highest BCUT2D eigenvalue weighted by molar-refractivity contribution is 6.32. The first-order chi connectivity index (χ1) is 7.10. The fourth-order valence-corrected chi connectivity index (χ4v) is 1.72. The van der Waals surface area contributed by atoms with Crippen LogP contribution < -0.4 is 4.74 Å². The van der Waals surface area contributed by atoms with Crippen LogP contribution >= 0.6 is 11.6 Å². The maximum absolute atomic E-state index is 10.9. The maximum atomic E-state index is 10.9. The predicted molar refractivity (Wildman–Crippen MR) is 58.7 cm³/mol. The lowest BCUT2D eigenvalue weighted by Crippen LogP contribution is -2.10. The Labute approximate surface area is 93.6 Å². The van der Waals surface area contributed by atoms with Gasteiger partial charge in [0, 0.05) is 0 Å². The summed E-state index contributed by atoms with van der Waals surface area (Å²) in [5.41, 5.74) is 0.704. The Hall–Kier alpha value is -1.22. The fourth-order valence-electron chi connectivity index (χ4n) is 1.45. The van der Waals surface area contributed by atoms with Crippen molar-refractivity contribution in [1.29, 1.82) is 0 Å². The molecule has 1 unspecified atom stereocenters. The van der Waals surface area contributed by atoms with Gasteiger partial charge in [-0.3, -0.25) is 4.79 Å². The summed E-state index contributed by atoms with van der Waals surface area (Å²) in [7, 11) is 1.52. The lowest BCUT2D eigenvalue weighted by Gasteiger charge is -2.11. The zero-order chi connectivity index (χ0) is 11.4. The third kappa shape index (κ3) is 2.63. The Kier molecular flexibility index (Phi) is 3.97. The van der Waals surface area contributed by atoms with E-state index in [2.05, 4.69) is 0 Å². The number of hydrogen-bond donors (Lipinski definition) is 1. The molecule has 1 aromatic rings. The van der Waals surface area contributed by atoms with E-state index in [1.54, 1.807) is 18.2 Å². The molecule has 0 amide bonds. The van der Waals surface area contributed by atoms with Crippen molar-refractivity contribution in [2.24, 2.45) is 0 Å². The first kappa shape index (κ1) is 11.9. The molecule has 1 rings (SSSR count). The second kappa shape index (κ2) is 5.03. The number of methoxy groups -OCH3 is 1. The highest BCUT2D eigenvalue weighted by atomic mass is 35.5. The van der Waals surface area contributed by atoms with Crippen LogP contribution in [-0.4, -0.2) is 18.2 Å². The molecule has 4 heteroatoms. The molecule has 82 valence electrons. The lowest BCUT2D eigenvalue weighted by atomic mass is 9.97. The molecule has 0 spiro atoms. The average molecular weight is 229 g/mol. The van der Waals surface area contributed by atoms with Gasteiger partial charge in [0.05, 0.1) is 18.1 Å². The third-order valence-electron chi connectivity index (χ3n) is 2.28. The lowest BCUT2D eigenvalue weighted by molar-refractivity contribution is -0.138. The molecule has 0 aliphatic carbocycles. The minimum absolute atomic E-state index is 0.440. The van der Waals surface area contributed by atoms with Crippen LogP contribution in [-0.2, 0) is 4.79 Å². The second-order valence-electron chi connectivity index (χ2n) is 3.19. The molecule has 3 nitrogen and oxygen atoms in total. The minimum Gasteiger partial charge on any atom is -0.495 e. The maximum Gasteiger partial charge on any atom is 0.310 e. The third-order valence-corrected chi connectivity index (χ3v) is 2.58. The monoisotopic (exact) mass is 228 g/mol. The zero-order valence-corrected chi connectivity index (χ0v) is 9.41. The van der Waals surface area contributed by atoms with Crippen molar-refractivity contribution >= 4 is 17.6 Å². The van der Waals surface area contributed by atoms with Gasteiger partial charge < -0.3 is 9.84 Å². The van der Waals surface area contributed by atoms with Crippen LogP contribution in [0.2, 0.25) is 5.02 Å². The standard InChI is InChI=1S/C11H13ClO3/c1-3-8(11(13)14)7-4-5-10(15-2)9(12)6-7/h4-6,8H,3H2,1-2H3,(H,13,14). The minimum atomic E-state index is -0.835. The van der Waals surface area contributed by atoms with Crippen LogP contribution in [0.1, 0.15) is 24.8 Å². The summed E-state index contributed by atoms with van der Waals surface area (Å²) in [6.07, 6.45) is 0.540. The summed E-state index contributed by atoms with van der Waals surface area (Å²) in [5, 5.41) is 9.41. The Balaban J connectivity index is 3.05. The first-order valence-corrected chi connectivity index (χ1v) is 5.04. The Bertz CT molecular complexity index is 363. The highest BCUT2D eigenvalue weighted by Crippen LogP contribution is 2.29. The molecular formula is C11H13ClO3. The van der Waals surface area contributed by atoms with Crippen molar-refractivity contribution in [3.05, 3.63) is 28.8 Å². The van der Waals surface area contributed by atoms with Crippen molar-refractivity contribution in [2.45, 2.75) is 19.3 Å². The van der Waals surface area contributed by atoms with E-state index < -0.39 is 11.9 Å². The van der Waals surface area contributed by atoms with E-state index in [9.17, 15) is 4.79 Å². The Morgan fingerprint density at radius 3 is 2.67 bits per heavy atom. The first-order valence-electron chi connectivity index (χ1n) is 4.66. The Morgan fingerprint density at radius 2 is 2.27 bits per heavy atom. The molecule has 0 bridgehead atoms. The van der Waals surface area contributed by atoms with Gasteiger partial charge in [-0.15, -0.1) is 0 Å². The van der Waals surface area contributed by atoms with Gasteiger partial charge in [-0.05, 0) is 24.1 Å². The van der Waals surface area contributed by atoms with Gasteiger partial charge in [-0.2, -0.15) is 0 Å². The van der Waals surface area contributed by atoms with Crippen LogP contribution in [0.15, 0.2) is 18.2 Å². The van der Waals surface area contributed by atoms with E-state index in [1.165, 1.54) is 7.11 Å². The summed E-state index contributed by atoms with van der Waals surface area (Å²) in [5.74, 6) is -0.784. The molecule has 0 saturated heterocycles. The van der Waals surface area contributed by atoms with Crippen molar-refractivity contribution in [3.63, 3.8) is 0 Å². The summed E-state index contributed by atoms with van der Waals surface area (Å²) in [6.45, 7) is 1.83. The van der Waals surface area contributed by atoms with E-state index in [0.717, 1.165) is 0 Å². The smallest absolute Gasteiger partial charge is 0.310 e. The van der Waals surface area contributed by atoms with Crippen LogP contribution in [0, 0.1) is 0 Å². The van der Waals surface area contributed by atoms with Gasteiger partial charge in [-0.1, -0.05) is 24.6 Å². The normalized spacial score (nSPS) is 12.2. The van der Waals surface area contributed by atoms with Crippen molar-refractivity contribution in [3.8, 4) is 5.75 Å². The van der Waals surface area contributed by atoms with E-state index in [0.29, 0.717) is 22.8 Å². The second-order valence-corrected chi connectivity index (χ2v) is 3.60. The SMILES string of the molecule is CCC(C(=O)O)c1ccc(OC)c(Cl)c1. The summed E-state index contributed by atoms with van der Waals surface area (Å²) in [4.78, 5) is 10.9. The molecule has 0 fully saturated rings. The number of ether oxygens (including phenoxy) is 1. The molecule has 0 aliphatic rings. The molecule has 1 atom stereocenters. The number of carbonyl (C=O) groups is 1. The van der Waals surface area contributed by atoms with Crippen molar-refractivity contribution in [1.82, 2.24) is 0 Å². The fraction of sp³-hybridized carbons (Fsp3) is 0.364. The van der Waals surface area contributed by atoms with Crippen LogP contribution in [0.4, 0.5) is 0 Å². The number of carboxylic acids is 1. The van der Waals surface area contributed by atoms with Crippen LogP contribution in [0.3, 0.4) is 0 Å². The largest absolute Gasteiger partial charge is 0.495 e. The van der Waals surface area contributed by atoms with Gasteiger partial charge in [0.2, 0.25) is 0 Å². The van der Waals surface area contributed by atoms with E-state index in [4.69, 9.17) is 21.4 Å². The molecule has 15 heavy (non-hydrogen) atoms. The summed E-state index contributed by atoms with van der Waals surface area (Å²) < 4.78 is 4.99. The van der Waals surface area contributed by atoms with Crippen molar-refractivity contribution < 1.29 is 14.6 Å². The number of carboxylic acid groups (broad SMARTS) is 1. The Morgan fingerprint density at radius 1 is 1.60 bits per heavy atom. The van der Waals surface area contributed by atoms with Gasteiger partial charge >= 0.3 is 5.97 Å². The summed E-state index contributed by atoms with van der Waals surface area (Å²) in [6, 6.07) is 5.05. The molecule has 0 heterocycles. The number of benzene rings is 1. The van der Waals surface area contributed by atoms with Crippen LogP contribution in [0.5, 0.6) is 5.75 Å². The molecule has 0 aliphatic heterocycles. The van der Waals surface area contributed by atoms with Gasteiger partial charge in [0.15, 0.2) is 0 Å². The van der Waals surface area contributed by atoms with Gasteiger partial charge in [-0.25, -0.2) is 0 Å². The highest BCUT2D eigenvalue weighted by Gasteiger charge is 2.18. The number of halogens is 1. The number of hydrogen-bond acceptors (Lipinski definition) is 2. The topological polar surface area (TPSA) is 46.5 Å². The molecule has 0 radical (unpaired) electrons. The van der Waals surface area contributed by atoms with Gasteiger partial charge in [0.25, 0.3) is 0 Å². The average Bonchev–Trinajstić information content (AvgIpc) is 2.18. The predicted octanol–water partition coefficient (Wildman–Crippen LogP) is 2.93. The number of rotatable bonds is 4.